The highest BCUT2D eigenvalue weighted by Gasteiger charge is 2.70. The molecule has 0 unspecified atom stereocenters. The SMILES string of the molecule is COC(=O)[C@]1(C)CCC[C@]2(C)[C@H]3C[C@H]4C(C(C)C)=C[C@]3(CC[C@H]21)[C@H]1[C@@H]4[C@@H](O)CC[C@H]1O. The third kappa shape index (κ3) is 2.70. The first-order valence-electron chi connectivity index (χ1n) is 12.8. The first-order valence-corrected chi connectivity index (χ1v) is 12.8. The van der Waals surface area contributed by atoms with Crippen LogP contribution in [0.2, 0.25) is 0 Å². The van der Waals surface area contributed by atoms with E-state index in [1.165, 1.54) is 12.7 Å². The molecule has 6 aliphatic carbocycles. The number of carbonyl (C=O) groups is 1. The summed E-state index contributed by atoms with van der Waals surface area (Å²) in [4.78, 5) is 13.0. The Bertz CT molecular complexity index is 788. The second-order valence-electron chi connectivity index (χ2n) is 12.5. The number of hydrogen-bond acceptors (Lipinski definition) is 4. The molecule has 10 atom stereocenters. The van der Waals surface area contributed by atoms with Crippen molar-refractivity contribution in [3.05, 3.63) is 11.6 Å². The van der Waals surface area contributed by atoms with E-state index in [9.17, 15) is 15.0 Å². The summed E-state index contributed by atoms with van der Waals surface area (Å²) in [5, 5.41) is 22.4. The average molecular weight is 431 g/mol. The number of allylic oxidation sites excluding steroid dienone is 2. The van der Waals surface area contributed by atoms with Gasteiger partial charge in [-0.05, 0) is 92.3 Å². The van der Waals surface area contributed by atoms with Crippen LogP contribution in [0.25, 0.3) is 0 Å². The van der Waals surface area contributed by atoms with Gasteiger partial charge >= 0.3 is 5.97 Å². The summed E-state index contributed by atoms with van der Waals surface area (Å²) in [6.07, 6.45) is 9.72. The van der Waals surface area contributed by atoms with Crippen molar-refractivity contribution in [3.63, 3.8) is 0 Å². The maximum absolute atomic E-state index is 13.0. The Labute approximate surface area is 187 Å². The molecule has 2 N–H and O–H groups in total. The van der Waals surface area contributed by atoms with Gasteiger partial charge in [-0.2, -0.15) is 0 Å². The molecule has 0 aliphatic heterocycles. The van der Waals surface area contributed by atoms with Crippen LogP contribution in [0.4, 0.5) is 0 Å². The maximum atomic E-state index is 13.0. The number of carbonyl (C=O) groups excluding carboxylic acids is 1. The first kappa shape index (κ1) is 21.9. The summed E-state index contributed by atoms with van der Waals surface area (Å²) in [6, 6.07) is 0. The molecule has 4 saturated carbocycles. The van der Waals surface area contributed by atoms with Gasteiger partial charge in [-0.3, -0.25) is 4.79 Å². The number of aliphatic hydroxyl groups excluding tert-OH is 2. The minimum atomic E-state index is -0.408. The molecule has 0 aromatic rings. The van der Waals surface area contributed by atoms with Crippen LogP contribution in [0, 0.1) is 51.8 Å². The van der Waals surface area contributed by atoms with E-state index >= 15 is 0 Å². The van der Waals surface area contributed by atoms with Crippen molar-refractivity contribution in [3.8, 4) is 0 Å². The normalized spacial score (nSPS) is 53.3. The fourth-order valence-electron chi connectivity index (χ4n) is 10.0. The highest BCUT2D eigenvalue weighted by molar-refractivity contribution is 5.77. The molecule has 4 fully saturated rings. The van der Waals surface area contributed by atoms with E-state index in [0.717, 1.165) is 44.9 Å². The molecular weight excluding hydrogens is 388 g/mol. The standard InChI is InChI=1S/C27H42O4/c1-15(2)17-14-27-12-9-20-25(3,10-6-11-26(20,4)24(30)31-5)21(27)13-16(17)22-18(28)7-8-19(29)23(22)27/h14-16,18-23,28-29H,6-13H2,1-5H3/t16-,18-,19+,20+,21+,22-,23+,25-,26+,27-/m0/s1. The molecule has 0 aromatic heterocycles. The predicted octanol–water partition coefficient (Wildman–Crippen LogP) is 4.73. The van der Waals surface area contributed by atoms with Gasteiger partial charge in [0, 0.05) is 5.92 Å². The molecule has 0 amide bonds. The van der Waals surface area contributed by atoms with Gasteiger partial charge < -0.3 is 14.9 Å². The van der Waals surface area contributed by atoms with Crippen LogP contribution in [0.3, 0.4) is 0 Å². The van der Waals surface area contributed by atoms with E-state index in [2.05, 4.69) is 33.8 Å². The van der Waals surface area contributed by atoms with Gasteiger partial charge in [0.2, 0.25) is 0 Å². The van der Waals surface area contributed by atoms with E-state index in [-0.39, 0.29) is 40.8 Å². The van der Waals surface area contributed by atoms with Crippen molar-refractivity contribution < 1.29 is 19.7 Å². The smallest absolute Gasteiger partial charge is 0.311 e. The van der Waals surface area contributed by atoms with Gasteiger partial charge in [0.1, 0.15) is 0 Å². The fraction of sp³-hybridized carbons (Fsp3) is 0.889. The van der Waals surface area contributed by atoms with Crippen LogP contribution in [0.5, 0.6) is 0 Å². The highest BCUT2D eigenvalue weighted by atomic mass is 16.5. The maximum Gasteiger partial charge on any atom is 0.311 e. The van der Waals surface area contributed by atoms with Gasteiger partial charge in [-0.15, -0.1) is 0 Å². The van der Waals surface area contributed by atoms with Gasteiger partial charge in [0.15, 0.2) is 0 Å². The lowest BCUT2D eigenvalue weighted by atomic mass is 9.33. The molecule has 6 rings (SSSR count). The molecule has 1 spiro atoms. The van der Waals surface area contributed by atoms with E-state index in [1.54, 1.807) is 0 Å². The molecule has 6 aliphatic rings. The summed E-state index contributed by atoms with van der Waals surface area (Å²) in [6.45, 7) is 9.19. The quantitative estimate of drug-likeness (QED) is 0.491. The molecule has 0 saturated heterocycles. The molecule has 0 heterocycles. The number of fused-ring (bicyclic) bond motifs is 1. The lowest BCUT2D eigenvalue weighted by Gasteiger charge is -2.71. The summed E-state index contributed by atoms with van der Waals surface area (Å²) in [5.74, 6) is 1.96. The van der Waals surface area contributed by atoms with E-state index in [0.29, 0.717) is 30.1 Å². The minimum absolute atomic E-state index is 0.0373. The third-order valence-corrected chi connectivity index (χ3v) is 11.1. The Hall–Kier alpha value is -0.870. The van der Waals surface area contributed by atoms with Crippen molar-refractivity contribution in [2.45, 2.75) is 91.3 Å². The Morgan fingerprint density at radius 1 is 1.06 bits per heavy atom. The molecule has 174 valence electrons. The number of ether oxygens (including phenoxy) is 1. The second-order valence-corrected chi connectivity index (χ2v) is 12.5. The Balaban J connectivity index is 1.63. The van der Waals surface area contributed by atoms with Crippen LogP contribution in [-0.2, 0) is 9.53 Å². The number of hydrogen-bond donors (Lipinski definition) is 2. The Morgan fingerprint density at radius 3 is 2.45 bits per heavy atom. The van der Waals surface area contributed by atoms with Crippen LogP contribution in [0.1, 0.15) is 79.1 Å². The largest absolute Gasteiger partial charge is 0.469 e. The Kier molecular flexibility index (Phi) is 5.00. The van der Waals surface area contributed by atoms with Crippen molar-refractivity contribution in [2.24, 2.45) is 51.8 Å². The van der Waals surface area contributed by atoms with Gasteiger partial charge in [-0.25, -0.2) is 0 Å². The van der Waals surface area contributed by atoms with Crippen molar-refractivity contribution >= 4 is 5.97 Å². The topological polar surface area (TPSA) is 66.8 Å². The fourth-order valence-corrected chi connectivity index (χ4v) is 10.0. The highest BCUT2D eigenvalue weighted by Crippen LogP contribution is 2.74. The van der Waals surface area contributed by atoms with Gasteiger partial charge in [0.05, 0.1) is 24.7 Å². The number of esters is 1. The minimum Gasteiger partial charge on any atom is -0.469 e. The molecule has 4 heteroatoms. The molecular formula is C27H42O4. The second kappa shape index (κ2) is 7.06. The lowest BCUT2D eigenvalue weighted by molar-refractivity contribution is -0.228. The first-order chi connectivity index (χ1) is 14.6. The molecule has 0 aromatic carbocycles. The van der Waals surface area contributed by atoms with Crippen LogP contribution < -0.4 is 0 Å². The van der Waals surface area contributed by atoms with Gasteiger partial charge in [0.25, 0.3) is 0 Å². The number of methoxy groups -OCH3 is 1. The predicted molar refractivity (Wildman–Crippen MR) is 120 cm³/mol. The van der Waals surface area contributed by atoms with Crippen LogP contribution in [0.15, 0.2) is 11.6 Å². The average Bonchev–Trinajstić information content (AvgIpc) is 2.74. The monoisotopic (exact) mass is 430 g/mol. The lowest BCUT2D eigenvalue weighted by Crippen LogP contribution is -2.68. The number of aliphatic hydroxyl groups is 2. The zero-order valence-electron chi connectivity index (χ0n) is 20.1. The summed E-state index contributed by atoms with van der Waals surface area (Å²) in [5.41, 5.74) is 1.15. The Morgan fingerprint density at radius 2 is 1.77 bits per heavy atom. The zero-order valence-corrected chi connectivity index (χ0v) is 20.1. The van der Waals surface area contributed by atoms with E-state index in [4.69, 9.17) is 4.74 Å². The molecule has 4 nitrogen and oxygen atoms in total. The van der Waals surface area contributed by atoms with Crippen LogP contribution in [-0.4, -0.2) is 35.5 Å². The van der Waals surface area contributed by atoms with Crippen molar-refractivity contribution in [1.29, 1.82) is 0 Å². The summed E-state index contributed by atoms with van der Waals surface area (Å²) in [7, 11) is 1.54. The summed E-state index contributed by atoms with van der Waals surface area (Å²) >= 11 is 0. The summed E-state index contributed by atoms with van der Waals surface area (Å²) < 4.78 is 5.32. The van der Waals surface area contributed by atoms with E-state index in [1.807, 2.05) is 0 Å². The third-order valence-electron chi connectivity index (χ3n) is 11.1. The van der Waals surface area contributed by atoms with E-state index < -0.39 is 5.41 Å². The van der Waals surface area contributed by atoms with Crippen molar-refractivity contribution in [1.82, 2.24) is 0 Å². The number of rotatable bonds is 2. The van der Waals surface area contributed by atoms with Gasteiger partial charge in [-0.1, -0.05) is 38.8 Å². The molecule has 2 bridgehead atoms. The molecule has 31 heavy (non-hydrogen) atoms. The van der Waals surface area contributed by atoms with Crippen LogP contribution >= 0.6 is 0 Å². The van der Waals surface area contributed by atoms with Crippen molar-refractivity contribution in [2.75, 3.05) is 7.11 Å². The zero-order chi connectivity index (χ0) is 22.3. The molecule has 0 radical (unpaired) electrons.